The molecular formula is C20H25NO3. The maximum atomic E-state index is 12.7. The van der Waals surface area contributed by atoms with Crippen molar-refractivity contribution < 1.29 is 14.6 Å². The fourth-order valence-electron chi connectivity index (χ4n) is 2.46. The van der Waals surface area contributed by atoms with Crippen molar-refractivity contribution in [2.45, 2.75) is 39.5 Å². The van der Waals surface area contributed by atoms with Gasteiger partial charge >= 0.3 is 0 Å². The lowest BCUT2D eigenvalue weighted by Crippen LogP contribution is -2.47. The first-order chi connectivity index (χ1) is 11.4. The second kappa shape index (κ2) is 7.97. The summed E-state index contributed by atoms with van der Waals surface area (Å²) in [6, 6.07) is 17.1. The van der Waals surface area contributed by atoms with E-state index in [0.717, 1.165) is 5.56 Å². The fraction of sp³-hybridized carbons (Fsp3) is 0.350. The Hall–Kier alpha value is -2.33. The van der Waals surface area contributed by atoms with Gasteiger partial charge in [-0.1, -0.05) is 48.5 Å². The van der Waals surface area contributed by atoms with E-state index in [2.05, 4.69) is 0 Å². The highest BCUT2D eigenvalue weighted by Crippen LogP contribution is 2.20. The summed E-state index contributed by atoms with van der Waals surface area (Å²) in [6.45, 7) is 6.40. The minimum Gasteiger partial charge on any atom is -0.483 e. The third kappa shape index (κ3) is 4.83. The van der Waals surface area contributed by atoms with Crippen molar-refractivity contribution in [3.63, 3.8) is 0 Å². The molecule has 2 rings (SSSR count). The molecule has 0 bridgehead atoms. The van der Waals surface area contributed by atoms with E-state index in [4.69, 9.17) is 4.74 Å². The molecule has 0 aliphatic carbocycles. The van der Waals surface area contributed by atoms with Crippen LogP contribution in [0.25, 0.3) is 0 Å². The fourth-order valence-corrected chi connectivity index (χ4v) is 2.46. The monoisotopic (exact) mass is 327 g/mol. The van der Waals surface area contributed by atoms with Crippen molar-refractivity contribution in [1.82, 2.24) is 4.90 Å². The first-order valence-corrected chi connectivity index (χ1v) is 8.08. The molecule has 0 heterocycles. The number of hydrogen-bond donors (Lipinski definition) is 1. The molecule has 0 radical (unpaired) electrons. The van der Waals surface area contributed by atoms with E-state index in [1.54, 1.807) is 12.1 Å². The lowest BCUT2D eigenvalue weighted by Gasteiger charge is -2.36. The first kappa shape index (κ1) is 18.0. The van der Waals surface area contributed by atoms with Gasteiger partial charge in [-0.2, -0.15) is 0 Å². The number of hydrogen-bond acceptors (Lipinski definition) is 3. The molecule has 4 heteroatoms. The van der Waals surface area contributed by atoms with E-state index < -0.39 is 0 Å². The molecule has 0 aliphatic heterocycles. The summed E-state index contributed by atoms with van der Waals surface area (Å²) in [6.07, 6.45) is 0. The second-order valence-electron chi connectivity index (χ2n) is 6.69. The van der Waals surface area contributed by atoms with Crippen LogP contribution in [0.15, 0.2) is 54.6 Å². The summed E-state index contributed by atoms with van der Waals surface area (Å²) in [4.78, 5) is 14.5. The zero-order chi connectivity index (χ0) is 17.6. The van der Waals surface area contributed by atoms with Gasteiger partial charge in [-0.15, -0.1) is 0 Å². The Morgan fingerprint density at radius 2 is 1.67 bits per heavy atom. The number of aliphatic hydroxyl groups is 1. The molecule has 24 heavy (non-hydrogen) atoms. The highest BCUT2D eigenvalue weighted by Gasteiger charge is 2.26. The highest BCUT2D eigenvalue weighted by molar-refractivity contribution is 5.78. The number of para-hydroxylation sites is 1. The van der Waals surface area contributed by atoms with Gasteiger partial charge in [-0.05, 0) is 32.4 Å². The predicted molar refractivity (Wildman–Crippen MR) is 94.6 cm³/mol. The van der Waals surface area contributed by atoms with Crippen LogP contribution >= 0.6 is 0 Å². The Morgan fingerprint density at radius 1 is 1.04 bits per heavy atom. The molecule has 0 saturated carbocycles. The topological polar surface area (TPSA) is 49.8 Å². The molecule has 128 valence electrons. The van der Waals surface area contributed by atoms with E-state index >= 15 is 0 Å². The lowest BCUT2D eigenvalue weighted by molar-refractivity contribution is -0.139. The Balaban J connectivity index is 2.08. The zero-order valence-electron chi connectivity index (χ0n) is 14.5. The highest BCUT2D eigenvalue weighted by atomic mass is 16.5. The molecule has 0 atom stereocenters. The number of ether oxygens (including phenoxy) is 1. The SMILES string of the molecule is CC(C)(C)N(Cc1ccccc1)C(=O)COc1ccccc1CO. The summed E-state index contributed by atoms with van der Waals surface area (Å²) in [5.74, 6) is 0.459. The summed E-state index contributed by atoms with van der Waals surface area (Å²) < 4.78 is 5.65. The maximum absolute atomic E-state index is 12.7. The Labute approximate surface area is 143 Å². The van der Waals surface area contributed by atoms with Crippen molar-refractivity contribution in [2.75, 3.05) is 6.61 Å². The smallest absolute Gasteiger partial charge is 0.261 e. The molecule has 0 aliphatic rings. The number of nitrogens with zero attached hydrogens (tertiary/aromatic N) is 1. The van der Waals surface area contributed by atoms with Gasteiger partial charge in [0.25, 0.3) is 5.91 Å². The van der Waals surface area contributed by atoms with Crippen LogP contribution in [0.1, 0.15) is 31.9 Å². The Morgan fingerprint density at radius 3 is 2.29 bits per heavy atom. The molecular weight excluding hydrogens is 302 g/mol. The van der Waals surface area contributed by atoms with Gasteiger partial charge in [0, 0.05) is 17.6 Å². The van der Waals surface area contributed by atoms with Gasteiger partial charge in [0.1, 0.15) is 5.75 Å². The van der Waals surface area contributed by atoms with Crippen molar-refractivity contribution in [2.24, 2.45) is 0 Å². The van der Waals surface area contributed by atoms with Crippen molar-refractivity contribution in [1.29, 1.82) is 0 Å². The van der Waals surface area contributed by atoms with E-state index in [0.29, 0.717) is 17.9 Å². The quantitative estimate of drug-likeness (QED) is 0.885. The van der Waals surface area contributed by atoms with E-state index in [1.165, 1.54) is 0 Å². The molecule has 0 fully saturated rings. The zero-order valence-corrected chi connectivity index (χ0v) is 14.5. The standard InChI is InChI=1S/C20H25NO3/c1-20(2,3)21(13-16-9-5-4-6-10-16)19(23)15-24-18-12-8-7-11-17(18)14-22/h4-12,22H,13-15H2,1-3H3. The summed E-state index contributed by atoms with van der Waals surface area (Å²) in [5.41, 5.74) is 1.44. The Kier molecular flexibility index (Phi) is 5.99. The number of carbonyl (C=O) groups excluding carboxylic acids is 1. The van der Waals surface area contributed by atoms with Crippen LogP contribution in [0.2, 0.25) is 0 Å². The van der Waals surface area contributed by atoms with Crippen molar-refractivity contribution >= 4 is 5.91 Å². The van der Waals surface area contributed by atoms with Gasteiger partial charge in [0.15, 0.2) is 6.61 Å². The van der Waals surface area contributed by atoms with Crippen LogP contribution in [-0.2, 0) is 17.9 Å². The van der Waals surface area contributed by atoms with E-state index in [9.17, 15) is 9.90 Å². The number of aliphatic hydroxyl groups excluding tert-OH is 1. The van der Waals surface area contributed by atoms with Crippen LogP contribution in [0.5, 0.6) is 5.75 Å². The lowest BCUT2D eigenvalue weighted by atomic mass is 10.0. The van der Waals surface area contributed by atoms with Crippen molar-refractivity contribution in [3.8, 4) is 5.75 Å². The van der Waals surface area contributed by atoms with Crippen LogP contribution < -0.4 is 4.74 Å². The number of amides is 1. The average molecular weight is 327 g/mol. The van der Waals surface area contributed by atoms with E-state index in [1.807, 2.05) is 68.1 Å². The van der Waals surface area contributed by atoms with Crippen LogP contribution in [0, 0.1) is 0 Å². The maximum Gasteiger partial charge on any atom is 0.261 e. The number of carbonyl (C=O) groups is 1. The normalized spacial score (nSPS) is 11.2. The summed E-state index contributed by atoms with van der Waals surface area (Å²) >= 11 is 0. The Bertz CT molecular complexity index is 662. The average Bonchev–Trinajstić information content (AvgIpc) is 2.57. The molecule has 1 N–H and O–H groups in total. The van der Waals surface area contributed by atoms with Crippen molar-refractivity contribution in [3.05, 3.63) is 65.7 Å². The molecule has 4 nitrogen and oxygen atoms in total. The molecule has 2 aromatic carbocycles. The molecule has 0 spiro atoms. The third-order valence-corrected chi connectivity index (χ3v) is 3.79. The largest absolute Gasteiger partial charge is 0.483 e. The molecule has 1 amide bonds. The van der Waals surface area contributed by atoms with Gasteiger partial charge in [-0.3, -0.25) is 4.79 Å². The third-order valence-electron chi connectivity index (χ3n) is 3.79. The summed E-state index contributed by atoms with van der Waals surface area (Å²) in [7, 11) is 0. The van der Waals surface area contributed by atoms with Crippen LogP contribution in [0.3, 0.4) is 0 Å². The molecule has 0 aromatic heterocycles. The number of rotatable bonds is 6. The van der Waals surface area contributed by atoms with Gasteiger partial charge in [-0.25, -0.2) is 0 Å². The van der Waals surface area contributed by atoms with Gasteiger partial charge in [0.2, 0.25) is 0 Å². The summed E-state index contributed by atoms with van der Waals surface area (Å²) in [5, 5.41) is 9.34. The molecule has 0 saturated heterocycles. The van der Waals surface area contributed by atoms with Crippen LogP contribution in [0.4, 0.5) is 0 Å². The first-order valence-electron chi connectivity index (χ1n) is 8.08. The second-order valence-corrected chi connectivity index (χ2v) is 6.69. The predicted octanol–water partition coefficient (Wildman–Crippen LogP) is 3.39. The minimum absolute atomic E-state index is 0.0544. The van der Waals surface area contributed by atoms with E-state index in [-0.39, 0.29) is 24.7 Å². The van der Waals surface area contributed by atoms with Gasteiger partial charge in [0.05, 0.1) is 6.61 Å². The number of benzene rings is 2. The van der Waals surface area contributed by atoms with Crippen LogP contribution in [-0.4, -0.2) is 28.1 Å². The minimum atomic E-state index is -0.313. The van der Waals surface area contributed by atoms with Gasteiger partial charge < -0.3 is 14.7 Å². The molecule has 2 aromatic rings. The molecule has 0 unspecified atom stereocenters.